The van der Waals surface area contributed by atoms with Crippen LogP contribution in [0.5, 0.6) is 11.5 Å². The highest BCUT2D eigenvalue weighted by atomic mass is 16.5. The molecule has 5 heterocycles. The second-order valence-electron chi connectivity index (χ2n) is 12.9. The maximum atomic E-state index is 6.78. The van der Waals surface area contributed by atoms with E-state index in [2.05, 4.69) is 106 Å². The number of hydrogen-bond acceptors (Lipinski definition) is 4. The van der Waals surface area contributed by atoms with E-state index in [1.807, 2.05) is 48.5 Å². The second kappa shape index (κ2) is 9.36. The number of furan rings is 1. The number of nitrogens with zero attached hydrogens (tertiary/aromatic N) is 4. The fourth-order valence-corrected chi connectivity index (χ4v) is 8.28. The molecule has 0 fully saturated rings. The molecule has 0 saturated carbocycles. The molecule has 0 unspecified atom stereocenters. The Labute approximate surface area is 284 Å². The summed E-state index contributed by atoms with van der Waals surface area (Å²) in [6, 6.07) is 50.5. The van der Waals surface area contributed by atoms with E-state index in [0.29, 0.717) is 5.95 Å². The van der Waals surface area contributed by atoms with Crippen LogP contribution in [0, 0.1) is 0 Å². The zero-order valence-electron chi connectivity index (χ0n) is 26.5. The Morgan fingerprint density at radius 3 is 2.08 bits per heavy atom. The second-order valence-corrected chi connectivity index (χ2v) is 12.9. The van der Waals surface area contributed by atoms with Gasteiger partial charge in [0.15, 0.2) is 0 Å². The number of ether oxygens (including phenoxy) is 1. The third-order valence-corrected chi connectivity index (χ3v) is 10.3. The van der Waals surface area contributed by atoms with E-state index < -0.39 is 0 Å². The first-order chi connectivity index (χ1) is 24.8. The minimum atomic E-state index is 0.600. The van der Waals surface area contributed by atoms with Crippen molar-refractivity contribution in [2.45, 2.75) is 0 Å². The monoisotopic (exact) mass is 640 g/mol. The number of hydrogen-bond donors (Lipinski definition) is 0. The molecule has 0 amide bonds. The minimum absolute atomic E-state index is 0.600. The van der Waals surface area contributed by atoms with Gasteiger partial charge < -0.3 is 13.7 Å². The fourth-order valence-electron chi connectivity index (χ4n) is 8.28. The van der Waals surface area contributed by atoms with Gasteiger partial charge in [0, 0.05) is 38.2 Å². The van der Waals surface area contributed by atoms with Gasteiger partial charge in [-0.15, -0.1) is 0 Å². The number of aromatic nitrogens is 4. The van der Waals surface area contributed by atoms with Crippen LogP contribution in [-0.2, 0) is 0 Å². The van der Waals surface area contributed by atoms with E-state index in [1.165, 1.54) is 10.8 Å². The van der Waals surface area contributed by atoms with Gasteiger partial charge in [-0.2, -0.15) is 0 Å². The Kier molecular flexibility index (Phi) is 4.89. The zero-order valence-corrected chi connectivity index (χ0v) is 26.5. The average Bonchev–Trinajstić information content (AvgIpc) is 3.83. The summed E-state index contributed by atoms with van der Waals surface area (Å²) in [7, 11) is 0. The van der Waals surface area contributed by atoms with Gasteiger partial charge in [-0.25, -0.2) is 9.97 Å². The van der Waals surface area contributed by atoms with Crippen LogP contribution in [0.1, 0.15) is 0 Å². The van der Waals surface area contributed by atoms with Crippen molar-refractivity contribution in [3.63, 3.8) is 0 Å². The lowest BCUT2D eigenvalue weighted by atomic mass is 10.0. The summed E-state index contributed by atoms with van der Waals surface area (Å²) in [5, 5.41) is 7.61. The largest absolute Gasteiger partial charge is 0.456 e. The molecule has 0 radical (unpaired) electrons. The average molecular weight is 641 g/mol. The highest BCUT2D eigenvalue weighted by Crippen LogP contribution is 2.48. The van der Waals surface area contributed by atoms with Gasteiger partial charge >= 0.3 is 0 Å². The Morgan fingerprint density at radius 1 is 0.440 bits per heavy atom. The van der Waals surface area contributed by atoms with E-state index in [-0.39, 0.29) is 0 Å². The summed E-state index contributed by atoms with van der Waals surface area (Å²) in [5.74, 6) is 2.16. The number of para-hydroxylation sites is 4. The van der Waals surface area contributed by atoms with Crippen molar-refractivity contribution < 1.29 is 9.15 Å². The van der Waals surface area contributed by atoms with Crippen LogP contribution in [-0.4, -0.2) is 19.1 Å². The smallest absolute Gasteiger partial charge is 0.235 e. The number of fused-ring (bicyclic) bond motifs is 13. The van der Waals surface area contributed by atoms with Crippen LogP contribution in [0.4, 0.5) is 0 Å². The van der Waals surface area contributed by atoms with Gasteiger partial charge in [-0.3, -0.25) is 4.57 Å². The molecule has 7 aromatic carbocycles. The van der Waals surface area contributed by atoms with Gasteiger partial charge in [0.25, 0.3) is 0 Å². The molecule has 6 heteroatoms. The van der Waals surface area contributed by atoms with E-state index in [0.717, 1.165) is 94.1 Å². The third-order valence-electron chi connectivity index (χ3n) is 10.3. The number of benzene rings is 7. The molecule has 0 bridgehead atoms. The molecule has 1 aliphatic rings. The quantitative estimate of drug-likeness (QED) is 0.189. The van der Waals surface area contributed by atoms with E-state index in [9.17, 15) is 0 Å². The third kappa shape index (κ3) is 3.27. The maximum absolute atomic E-state index is 6.78. The molecular formula is C44H24N4O2. The first-order valence-corrected chi connectivity index (χ1v) is 16.8. The van der Waals surface area contributed by atoms with Crippen molar-refractivity contribution in [2.75, 3.05) is 0 Å². The fraction of sp³-hybridized carbons (Fsp3) is 0. The lowest BCUT2D eigenvalue weighted by Gasteiger charge is -2.20. The molecule has 0 saturated heterocycles. The van der Waals surface area contributed by atoms with Crippen LogP contribution >= 0.6 is 0 Å². The molecule has 11 aromatic rings. The summed E-state index contributed by atoms with van der Waals surface area (Å²) in [6.45, 7) is 0. The van der Waals surface area contributed by atoms with Crippen LogP contribution < -0.4 is 4.74 Å². The first-order valence-electron chi connectivity index (χ1n) is 16.8. The summed E-state index contributed by atoms with van der Waals surface area (Å²) >= 11 is 0. The van der Waals surface area contributed by atoms with Crippen molar-refractivity contribution in [1.82, 2.24) is 19.1 Å². The molecule has 6 nitrogen and oxygen atoms in total. The van der Waals surface area contributed by atoms with E-state index in [4.69, 9.17) is 19.1 Å². The number of rotatable bonds is 2. The predicted octanol–water partition coefficient (Wildman–Crippen LogP) is 11.5. The molecule has 232 valence electrons. The Hall–Kier alpha value is -6.92. The lowest BCUT2D eigenvalue weighted by Crippen LogP contribution is -2.06. The molecule has 12 rings (SSSR count). The van der Waals surface area contributed by atoms with E-state index >= 15 is 0 Å². The molecule has 4 aromatic heterocycles. The predicted molar refractivity (Wildman–Crippen MR) is 201 cm³/mol. The topological polar surface area (TPSA) is 58.0 Å². The highest BCUT2D eigenvalue weighted by molar-refractivity contribution is 6.33. The van der Waals surface area contributed by atoms with Crippen LogP contribution in [0.25, 0.3) is 99.3 Å². The van der Waals surface area contributed by atoms with Crippen LogP contribution in [0.2, 0.25) is 0 Å². The van der Waals surface area contributed by atoms with Gasteiger partial charge in [-0.1, -0.05) is 72.8 Å². The molecule has 0 spiro atoms. The van der Waals surface area contributed by atoms with Gasteiger partial charge in [-0.05, 0) is 72.8 Å². The molecule has 50 heavy (non-hydrogen) atoms. The summed E-state index contributed by atoms with van der Waals surface area (Å²) in [5.41, 5.74) is 9.76. The van der Waals surface area contributed by atoms with Crippen molar-refractivity contribution in [1.29, 1.82) is 0 Å². The van der Waals surface area contributed by atoms with Crippen LogP contribution in [0.3, 0.4) is 0 Å². The van der Waals surface area contributed by atoms with Crippen molar-refractivity contribution in [3.8, 4) is 34.4 Å². The van der Waals surface area contributed by atoms with Crippen LogP contribution in [0.15, 0.2) is 150 Å². The summed E-state index contributed by atoms with van der Waals surface area (Å²) in [4.78, 5) is 10.6. The van der Waals surface area contributed by atoms with Gasteiger partial charge in [0.2, 0.25) is 5.95 Å². The minimum Gasteiger partial charge on any atom is -0.456 e. The normalized spacial score (nSPS) is 12.6. The SMILES string of the molecule is c1ccc(-n2c3ccccc3c3c4c5c6oc7ccccc7c6ccc5n(-c5nc6c7c(cccc7n5)Oc5ccccc5-6)c4ccc32)cc1. The van der Waals surface area contributed by atoms with Gasteiger partial charge in [0.05, 0.1) is 44.0 Å². The molecule has 0 atom stereocenters. The highest BCUT2D eigenvalue weighted by Gasteiger charge is 2.27. The standard InChI is InChI=1S/C44H24N4O2/c1-2-11-25(12-3-1)47-31-17-7-4-14-28(31)38-32(47)23-24-33-40(38)41-34(22-21-27-26-13-5-8-18-35(26)50-43(27)41)48(33)44-45-30-16-10-20-37-39(30)42(46-44)29-15-6-9-19-36(29)49-37/h1-24H. The molecule has 0 N–H and O–H groups in total. The molecular weight excluding hydrogens is 617 g/mol. The van der Waals surface area contributed by atoms with E-state index in [1.54, 1.807) is 0 Å². The van der Waals surface area contributed by atoms with Crippen molar-refractivity contribution >= 4 is 76.5 Å². The zero-order chi connectivity index (χ0) is 32.5. The van der Waals surface area contributed by atoms with Crippen molar-refractivity contribution in [3.05, 3.63) is 146 Å². The molecule has 1 aliphatic heterocycles. The summed E-state index contributed by atoms with van der Waals surface area (Å²) in [6.07, 6.45) is 0. The first kappa shape index (κ1) is 26.1. The van der Waals surface area contributed by atoms with Crippen molar-refractivity contribution in [2.24, 2.45) is 0 Å². The Morgan fingerprint density at radius 2 is 1.16 bits per heavy atom. The van der Waals surface area contributed by atoms with Gasteiger partial charge in [0.1, 0.15) is 22.7 Å². The maximum Gasteiger partial charge on any atom is 0.235 e. The lowest BCUT2D eigenvalue weighted by molar-refractivity contribution is 0.486. The Bertz CT molecular complexity index is 3240. The molecule has 0 aliphatic carbocycles. The Balaban J connectivity index is 1.30. The summed E-state index contributed by atoms with van der Waals surface area (Å²) < 4.78 is 17.7.